The van der Waals surface area contributed by atoms with Crippen LogP contribution in [0.5, 0.6) is 0 Å². The van der Waals surface area contributed by atoms with E-state index in [1.54, 1.807) is 6.20 Å². The van der Waals surface area contributed by atoms with Gasteiger partial charge in [0.25, 0.3) is 0 Å². The van der Waals surface area contributed by atoms with Crippen LogP contribution < -0.4 is 5.32 Å². The molecule has 0 saturated carbocycles. The number of benzene rings is 1. The zero-order valence-electron chi connectivity index (χ0n) is 10.1. The SMILES string of the molecule is Cc1ccc(Nc2ccc3ncccc3c2)nc1. The summed E-state index contributed by atoms with van der Waals surface area (Å²) in [5.74, 6) is 0.851. The highest BCUT2D eigenvalue weighted by Crippen LogP contribution is 2.20. The van der Waals surface area contributed by atoms with Crippen LogP contribution in [0.1, 0.15) is 5.56 Å². The lowest BCUT2D eigenvalue weighted by atomic mass is 10.2. The molecule has 0 amide bonds. The molecule has 0 unspecified atom stereocenters. The van der Waals surface area contributed by atoms with Crippen LogP contribution in [-0.2, 0) is 0 Å². The number of nitrogens with zero attached hydrogens (tertiary/aromatic N) is 2. The summed E-state index contributed by atoms with van der Waals surface area (Å²) in [4.78, 5) is 8.62. The highest BCUT2D eigenvalue weighted by molar-refractivity contribution is 5.82. The van der Waals surface area contributed by atoms with Crippen molar-refractivity contribution in [1.82, 2.24) is 9.97 Å². The largest absolute Gasteiger partial charge is 0.340 e. The molecular formula is C15H13N3. The van der Waals surface area contributed by atoms with Gasteiger partial charge in [-0.05, 0) is 42.8 Å². The van der Waals surface area contributed by atoms with Crippen molar-refractivity contribution in [2.24, 2.45) is 0 Å². The van der Waals surface area contributed by atoms with Crippen molar-refractivity contribution in [3.05, 3.63) is 60.4 Å². The number of nitrogens with one attached hydrogen (secondary N) is 1. The Morgan fingerprint density at radius 2 is 1.94 bits per heavy atom. The molecule has 3 rings (SSSR count). The molecule has 18 heavy (non-hydrogen) atoms. The summed E-state index contributed by atoms with van der Waals surface area (Å²) in [5, 5.41) is 4.40. The molecule has 0 spiro atoms. The predicted molar refractivity (Wildman–Crippen MR) is 74.0 cm³/mol. The predicted octanol–water partition coefficient (Wildman–Crippen LogP) is 3.68. The van der Waals surface area contributed by atoms with Gasteiger partial charge < -0.3 is 5.32 Å². The van der Waals surface area contributed by atoms with E-state index in [1.165, 1.54) is 0 Å². The molecule has 2 heterocycles. The Bertz CT molecular complexity index is 675. The summed E-state index contributed by atoms with van der Waals surface area (Å²) in [5.41, 5.74) is 3.18. The van der Waals surface area contributed by atoms with E-state index >= 15 is 0 Å². The molecule has 2 aromatic heterocycles. The minimum absolute atomic E-state index is 0.851. The van der Waals surface area contributed by atoms with Crippen molar-refractivity contribution >= 4 is 22.4 Å². The summed E-state index contributed by atoms with van der Waals surface area (Å²) >= 11 is 0. The van der Waals surface area contributed by atoms with Crippen LogP contribution in [0.25, 0.3) is 10.9 Å². The molecule has 3 nitrogen and oxygen atoms in total. The number of aromatic nitrogens is 2. The third-order valence-corrected chi connectivity index (χ3v) is 2.79. The fourth-order valence-corrected chi connectivity index (χ4v) is 1.84. The van der Waals surface area contributed by atoms with E-state index in [0.717, 1.165) is 28.0 Å². The van der Waals surface area contributed by atoms with Crippen molar-refractivity contribution in [3.8, 4) is 0 Å². The second-order valence-corrected chi connectivity index (χ2v) is 4.26. The molecule has 0 fully saturated rings. The van der Waals surface area contributed by atoms with Gasteiger partial charge in [0, 0.05) is 23.5 Å². The lowest BCUT2D eigenvalue weighted by Gasteiger charge is -2.06. The van der Waals surface area contributed by atoms with Gasteiger partial charge in [-0.3, -0.25) is 4.98 Å². The first-order chi connectivity index (χ1) is 8.81. The van der Waals surface area contributed by atoms with Gasteiger partial charge in [-0.1, -0.05) is 12.1 Å². The number of rotatable bonds is 2. The second-order valence-electron chi connectivity index (χ2n) is 4.26. The van der Waals surface area contributed by atoms with Gasteiger partial charge in [0.1, 0.15) is 5.82 Å². The zero-order chi connectivity index (χ0) is 12.4. The van der Waals surface area contributed by atoms with E-state index in [4.69, 9.17) is 0 Å². The highest BCUT2D eigenvalue weighted by atomic mass is 15.0. The van der Waals surface area contributed by atoms with Crippen molar-refractivity contribution < 1.29 is 0 Å². The average molecular weight is 235 g/mol. The fraction of sp³-hybridized carbons (Fsp3) is 0.0667. The lowest BCUT2D eigenvalue weighted by molar-refractivity contribution is 1.26. The van der Waals surface area contributed by atoms with Crippen LogP contribution in [-0.4, -0.2) is 9.97 Å². The molecule has 1 aromatic carbocycles. The van der Waals surface area contributed by atoms with Gasteiger partial charge >= 0.3 is 0 Å². The topological polar surface area (TPSA) is 37.8 Å². The van der Waals surface area contributed by atoms with Gasteiger partial charge in [-0.2, -0.15) is 0 Å². The van der Waals surface area contributed by atoms with Crippen LogP contribution in [0.15, 0.2) is 54.9 Å². The Morgan fingerprint density at radius 3 is 2.78 bits per heavy atom. The molecule has 0 aliphatic carbocycles. The van der Waals surface area contributed by atoms with Crippen molar-refractivity contribution in [2.75, 3.05) is 5.32 Å². The van der Waals surface area contributed by atoms with E-state index in [1.807, 2.05) is 43.5 Å². The standard InChI is InChI=1S/C15H13N3/c1-11-4-7-15(17-10-11)18-13-5-6-14-12(9-13)3-2-8-16-14/h2-10H,1H3,(H,17,18). The van der Waals surface area contributed by atoms with Gasteiger partial charge in [0.15, 0.2) is 0 Å². The van der Waals surface area contributed by atoms with Gasteiger partial charge in [-0.25, -0.2) is 4.98 Å². The van der Waals surface area contributed by atoms with E-state index < -0.39 is 0 Å². The quantitative estimate of drug-likeness (QED) is 0.736. The van der Waals surface area contributed by atoms with Crippen LogP contribution >= 0.6 is 0 Å². The third kappa shape index (κ3) is 2.15. The molecule has 0 aliphatic heterocycles. The lowest BCUT2D eigenvalue weighted by Crippen LogP contribution is -1.93. The van der Waals surface area contributed by atoms with Crippen LogP contribution in [0, 0.1) is 6.92 Å². The van der Waals surface area contributed by atoms with E-state index in [9.17, 15) is 0 Å². The molecule has 0 bridgehead atoms. The van der Waals surface area contributed by atoms with Gasteiger partial charge in [-0.15, -0.1) is 0 Å². The summed E-state index contributed by atoms with van der Waals surface area (Å²) in [6.07, 6.45) is 3.65. The molecule has 0 saturated heterocycles. The molecule has 1 N–H and O–H groups in total. The Kier molecular flexibility index (Phi) is 2.65. The Balaban J connectivity index is 1.92. The molecular weight excluding hydrogens is 222 g/mol. The summed E-state index contributed by atoms with van der Waals surface area (Å²) in [6.45, 7) is 2.03. The number of fused-ring (bicyclic) bond motifs is 1. The number of aryl methyl sites for hydroxylation is 1. The molecule has 0 atom stereocenters. The molecule has 3 aromatic rings. The first-order valence-electron chi connectivity index (χ1n) is 5.86. The highest BCUT2D eigenvalue weighted by Gasteiger charge is 1.98. The first kappa shape index (κ1) is 10.7. The molecule has 0 aliphatic rings. The van der Waals surface area contributed by atoms with Crippen molar-refractivity contribution in [3.63, 3.8) is 0 Å². The Hall–Kier alpha value is -2.42. The van der Waals surface area contributed by atoms with E-state index in [2.05, 4.69) is 27.4 Å². The minimum atomic E-state index is 0.851. The van der Waals surface area contributed by atoms with Crippen molar-refractivity contribution in [2.45, 2.75) is 6.92 Å². The number of hydrogen-bond donors (Lipinski definition) is 1. The molecule has 0 radical (unpaired) electrons. The smallest absolute Gasteiger partial charge is 0.130 e. The number of pyridine rings is 2. The summed E-state index contributed by atoms with van der Waals surface area (Å²) in [6, 6.07) is 14.1. The van der Waals surface area contributed by atoms with Crippen LogP contribution in [0.2, 0.25) is 0 Å². The fourth-order valence-electron chi connectivity index (χ4n) is 1.84. The number of hydrogen-bond acceptors (Lipinski definition) is 3. The molecule has 3 heteroatoms. The maximum Gasteiger partial charge on any atom is 0.130 e. The second kappa shape index (κ2) is 4.45. The number of anilines is 2. The maximum absolute atomic E-state index is 4.33. The summed E-state index contributed by atoms with van der Waals surface area (Å²) < 4.78 is 0. The maximum atomic E-state index is 4.33. The first-order valence-corrected chi connectivity index (χ1v) is 5.86. The van der Waals surface area contributed by atoms with Crippen LogP contribution in [0.4, 0.5) is 11.5 Å². The summed E-state index contributed by atoms with van der Waals surface area (Å²) in [7, 11) is 0. The van der Waals surface area contributed by atoms with Crippen LogP contribution in [0.3, 0.4) is 0 Å². The van der Waals surface area contributed by atoms with Gasteiger partial charge in [0.2, 0.25) is 0 Å². The van der Waals surface area contributed by atoms with Crippen molar-refractivity contribution in [1.29, 1.82) is 0 Å². The Labute approximate surface area is 106 Å². The van der Waals surface area contributed by atoms with Gasteiger partial charge in [0.05, 0.1) is 5.52 Å². The average Bonchev–Trinajstić information content (AvgIpc) is 2.41. The van der Waals surface area contributed by atoms with E-state index in [0.29, 0.717) is 0 Å². The van der Waals surface area contributed by atoms with E-state index in [-0.39, 0.29) is 0 Å². The zero-order valence-corrected chi connectivity index (χ0v) is 10.1. The molecule has 88 valence electrons. The third-order valence-electron chi connectivity index (χ3n) is 2.79. The minimum Gasteiger partial charge on any atom is -0.340 e. The Morgan fingerprint density at radius 1 is 1.00 bits per heavy atom. The normalized spacial score (nSPS) is 10.5. The monoisotopic (exact) mass is 235 g/mol.